The minimum atomic E-state index is 0.149. The van der Waals surface area contributed by atoms with Crippen molar-refractivity contribution in [3.05, 3.63) is 11.7 Å². The predicted octanol–water partition coefficient (Wildman–Crippen LogP) is 2.06. The second-order valence-electron chi connectivity index (χ2n) is 2.36. The Labute approximate surface area is 79.4 Å². The highest BCUT2D eigenvalue weighted by atomic mass is 79.9. The summed E-state index contributed by atoms with van der Waals surface area (Å²) >= 11 is 3.41. The fourth-order valence-electron chi connectivity index (χ4n) is 0.757. The van der Waals surface area contributed by atoms with Gasteiger partial charge in [-0.3, -0.25) is 0 Å². The molecule has 0 amide bonds. The van der Waals surface area contributed by atoms with Gasteiger partial charge in [0.25, 0.3) is 0 Å². The van der Waals surface area contributed by atoms with Crippen molar-refractivity contribution in [2.75, 3.05) is 7.11 Å². The van der Waals surface area contributed by atoms with Gasteiger partial charge in [0, 0.05) is 7.11 Å². The van der Waals surface area contributed by atoms with Gasteiger partial charge in [0.1, 0.15) is 6.61 Å². The van der Waals surface area contributed by atoms with E-state index in [1.165, 1.54) is 0 Å². The van der Waals surface area contributed by atoms with E-state index in [-0.39, 0.29) is 4.83 Å². The molecular formula is C7H11BrN2O2. The molecule has 1 heterocycles. The largest absolute Gasteiger partial charge is 0.377 e. The standard InChI is InChI=1S/C7H11BrN2O2/c1-3-5(8)7-9-6(4-11-2)10-12-7/h5H,3-4H2,1-2H3. The highest BCUT2D eigenvalue weighted by Gasteiger charge is 2.13. The van der Waals surface area contributed by atoms with Crippen molar-refractivity contribution < 1.29 is 9.26 Å². The molecule has 1 rings (SSSR count). The Kier molecular flexibility index (Phi) is 3.68. The van der Waals surface area contributed by atoms with E-state index in [4.69, 9.17) is 9.26 Å². The summed E-state index contributed by atoms with van der Waals surface area (Å²) in [5, 5.41) is 3.73. The van der Waals surface area contributed by atoms with E-state index in [0.29, 0.717) is 18.3 Å². The van der Waals surface area contributed by atoms with Crippen molar-refractivity contribution in [1.82, 2.24) is 10.1 Å². The van der Waals surface area contributed by atoms with Crippen LogP contribution in [0.25, 0.3) is 0 Å². The SMILES string of the molecule is CCC(Br)c1nc(COC)no1. The lowest BCUT2D eigenvalue weighted by molar-refractivity contribution is 0.174. The fourth-order valence-corrected chi connectivity index (χ4v) is 0.943. The van der Waals surface area contributed by atoms with Crippen LogP contribution in [0.4, 0.5) is 0 Å². The number of ether oxygens (including phenoxy) is 1. The van der Waals surface area contributed by atoms with Gasteiger partial charge < -0.3 is 9.26 Å². The molecule has 0 aliphatic heterocycles. The quantitative estimate of drug-likeness (QED) is 0.749. The van der Waals surface area contributed by atoms with E-state index in [1.54, 1.807) is 7.11 Å². The Bertz CT molecular complexity index is 239. The summed E-state index contributed by atoms with van der Waals surface area (Å²) in [6.45, 7) is 2.44. The van der Waals surface area contributed by atoms with Gasteiger partial charge in [-0.05, 0) is 6.42 Å². The second-order valence-corrected chi connectivity index (χ2v) is 3.46. The molecule has 0 aliphatic rings. The van der Waals surface area contributed by atoms with Gasteiger partial charge in [0.2, 0.25) is 5.89 Å². The van der Waals surface area contributed by atoms with Crippen LogP contribution in [-0.2, 0) is 11.3 Å². The average Bonchev–Trinajstić information content (AvgIpc) is 2.52. The highest BCUT2D eigenvalue weighted by Crippen LogP contribution is 2.23. The van der Waals surface area contributed by atoms with Gasteiger partial charge in [-0.25, -0.2) is 0 Å². The van der Waals surface area contributed by atoms with E-state index >= 15 is 0 Å². The summed E-state index contributed by atoms with van der Waals surface area (Å²) < 4.78 is 9.84. The maximum Gasteiger partial charge on any atom is 0.240 e. The number of alkyl halides is 1. The topological polar surface area (TPSA) is 48.2 Å². The minimum absolute atomic E-state index is 0.149. The average molecular weight is 235 g/mol. The zero-order valence-corrected chi connectivity index (χ0v) is 8.67. The first-order valence-electron chi connectivity index (χ1n) is 3.73. The van der Waals surface area contributed by atoms with Gasteiger partial charge in [0.05, 0.1) is 4.83 Å². The fraction of sp³-hybridized carbons (Fsp3) is 0.714. The van der Waals surface area contributed by atoms with Gasteiger partial charge in [0.15, 0.2) is 5.82 Å². The van der Waals surface area contributed by atoms with Crippen LogP contribution in [0.1, 0.15) is 29.9 Å². The van der Waals surface area contributed by atoms with Crippen LogP contribution in [0.15, 0.2) is 4.52 Å². The zero-order chi connectivity index (χ0) is 8.97. The molecule has 0 aromatic carbocycles. The molecule has 5 heteroatoms. The number of halogens is 1. The molecule has 0 fully saturated rings. The van der Waals surface area contributed by atoms with Crippen LogP contribution in [-0.4, -0.2) is 17.3 Å². The maximum absolute atomic E-state index is 4.98. The smallest absolute Gasteiger partial charge is 0.240 e. The van der Waals surface area contributed by atoms with Gasteiger partial charge >= 0.3 is 0 Å². The molecule has 0 saturated carbocycles. The molecule has 0 radical (unpaired) electrons. The van der Waals surface area contributed by atoms with Crippen molar-refractivity contribution in [3.8, 4) is 0 Å². The van der Waals surface area contributed by atoms with Crippen LogP contribution in [0.3, 0.4) is 0 Å². The summed E-state index contributed by atoms with van der Waals surface area (Å²) in [6, 6.07) is 0. The third-order valence-electron chi connectivity index (χ3n) is 1.38. The van der Waals surface area contributed by atoms with Crippen molar-refractivity contribution in [2.45, 2.75) is 24.8 Å². The molecule has 1 aromatic heterocycles. The Morgan fingerprint density at radius 2 is 2.42 bits per heavy atom. The van der Waals surface area contributed by atoms with Crippen LogP contribution in [0.5, 0.6) is 0 Å². The van der Waals surface area contributed by atoms with E-state index in [1.807, 2.05) is 6.92 Å². The van der Waals surface area contributed by atoms with Crippen LogP contribution in [0.2, 0.25) is 0 Å². The summed E-state index contributed by atoms with van der Waals surface area (Å²) in [7, 11) is 1.60. The summed E-state index contributed by atoms with van der Waals surface area (Å²) in [5.74, 6) is 1.20. The van der Waals surface area contributed by atoms with Crippen LogP contribution >= 0.6 is 15.9 Å². The molecule has 0 aliphatic carbocycles. The first-order valence-corrected chi connectivity index (χ1v) is 4.65. The summed E-state index contributed by atoms with van der Waals surface area (Å²) in [4.78, 5) is 4.27. The van der Waals surface area contributed by atoms with E-state index in [9.17, 15) is 0 Å². The van der Waals surface area contributed by atoms with Crippen molar-refractivity contribution in [3.63, 3.8) is 0 Å². The molecule has 0 saturated heterocycles. The Hall–Kier alpha value is -0.420. The lowest BCUT2D eigenvalue weighted by Gasteiger charge is -1.96. The molecule has 1 aromatic rings. The number of nitrogens with zero attached hydrogens (tertiary/aromatic N) is 2. The lowest BCUT2D eigenvalue weighted by atomic mass is 10.3. The first kappa shape index (κ1) is 9.67. The molecule has 12 heavy (non-hydrogen) atoms. The molecule has 0 spiro atoms. The summed E-state index contributed by atoms with van der Waals surface area (Å²) in [6.07, 6.45) is 0.925. The van der Waals surface area contributed by atoms with E-state index in [0.717, 1.165) is 6.42 Å². The van der Waals surface area contributed by atoms with Gasteiger partial charge in [-0.2, -0.15) is 4.98 Å². The Balaban J connectivity index is 2.63. The van der Waals surface area contributed by atoms with Gasteiger partial charge in [-0.1, -0.05) is 28.0 Å². The minimum Gasteiger partial charge on any atom is -0.377 e. The third-order valence-corrected chi connectivity index (χ3v) is 2.42. The molecule has 4 nitrogen and oxygen atoms in total. The predicted molar refractivity (Wildman–Crippen MR) is 47.0 cm³/mol. The highest BCUT2D eigenvalue weighted by molar-refractivity contribution is 9.09. The van der Waals surface area contributed by atoms with Crippen molar-refractivity contribution in [2.24, 2.45) is 0 Å². The number of hydrogen-bond acceptors (Lipinski definition) is 4. The summed E-state index contributed by atoms with van der Waals surface area (Å²) in [5.41, 5.74) is 0. The second kappa shape index (κ2) is 4.57. The zero-order valence-electron chi connectivity index (χ0n) is 7.08. The normalized spacial score (nSPS) is 13.2. The van der Waals surface area contributed by atoms with Gasteiger partial charge in [-0.15, -0.1) is 0 Å². The lowest BCUT2D eigenvalue weighted by Crippen LogP contribution is -1.91. The molecular weight excluding hydrogens is 224 g/mol. The Morgan fingerprint density at radius 1 is 1.67 bits per heavy atom. The Morgan fingerprint density at radius 3 is 3.00 bits per heavy atom. The van der Waals surface area contributed by atoms with E-state index in [2.05, 4.69) is 26.1 Å². The molecule has 1 unspecified atom stereocenters. The molecule has 0 bridgehead atoms. The first-order chi connectivity index (χ1) is 5.77. The van der Waals surface area contributed by atoms with Crippen LogP contribution < -0.4 is 0 Å². The maximum atomic E-state index is 4.98. The molecule has 1 atom stereocenters. The van der Waals surface area contributed by atoms with Crippen molar-refractivity contribution >= 4 is 15.9 Å². The number of rotatable bonds is 4. The number of aromatic nitrogens is 2. The molecule has 68 valence electrons. The number of hydrogen-bond donors (Lipinski definition) is 0. The number of methoxy groups -OCH3 is 1. The monoisotopic (exact) mass is 234 g/mol. The molecule has 0 N–H and O–H groups in total. The third kappa shape index (κ3) is 2.28. The van der Waals surface area contributed by atoms with Crippen molar-refractivity contribution in [1.29, 1.82) is 0 Å². The van der Waals surface area contributed by atoms with Crippen LogP contribution in [0, 0.1) is 0 Å². The van der Waals surface area contributed by atoms with E-state index < -0.39 is 0 Å².